The van der Waals surface area contributed by atoms with Crippen molar-refractivity contribution in [2.75, 3.05) is 11.9 Å². The van der Waals surface area contributed by atoms with Gasteiger partial charge in [0, 0.05) is 5.02 Å². The molecule has 0 unspecified atom stereocenters. The van der Waals surface area contributed by atoms with E-state index in [1.807, 2.05) is 26.0 Å². The van der Waals surface area contributed by atoms with Crippen LogP contribution in [0.3, 0.4) is 0 Å². The zero-order chi connectivity index (χ0) is 17.9. The maximum absolute atomic E-state index is 13.0. The number of alkyl halides is 3. The van der Waals surface area contributed by atoms with Crippen molar-refractivity contribution in [3.05, 3.63) is 58.1 Å². The summed E-state index contributed by atoms with van der Waals surface area (Å²) in [5.74, 6) is -0.180. The summed E-state index contributed by atoms with van der Waals surface area (Å²) in [6.07, 6.45) is -4.62. The van der Waals surface area contributed by atoms with Crippen molar-refractivity contribution in [3.8, 4) is 5.75 Å². The van der Waals surface area contributed by atoms with Crippen LogP contribution >= 0.6 is 11.6 Å². The van der Waals surface area contributed by atoms with E-state index >= 15 is 0 Å². The van der Waals surface area contributed by atoms with Crippen LogP contribution in [0.1, 0.15) is 16.7 Å². The number of anilines is 1. The summed E-state index contributed by atoms with van der Waals surface area (Å²) in [5.41, 5.74) is 0.417. The van der Waals surface area contributed by atoms with Crippen molar-refractivity contribution in [2.45, 2.75) is 20.0 Å². The molecule has 3 nitrogen and oxygen atoms in total. The fourth-order valence-corrected chi connectivity index (χ4v) is 2.22. The molecule has 1 amide bonds. The predicted octanol–water partition coefficient (Wildman–Crippen LogP) is 4.99. The van der Waals surface area contributed by atoms with Gasteiger partial charge in [0.25, 0.3) is 5.91 Å². The molecule has 7 heteroatoms. The third kappa shape index (κ3) is 4.64. The maximum atomic E-state index is 13.0. The third-order valence-electron chi connectivity index (χ3n) is 3.26. The highest BCUT2D eigenvalue weighted by atomic mass is 35.5. The lowest BCUT2D eigenvalue weighted by molar-refractivity contribution is -0.137. The van der Waals surface area contributed by atoms with E-state index < -0.39 is 24.3 Å². The second-order valence-electron chi connectivity index (χ2n) is 5.29. The molecule has 0 saturated carbocycles. The molecule has 0 saturated heterocycles. The minimum absolute atomic E-state index is 0.0630. The first-order valence-electron chi connectivity index (χ1n) is 7.03. The number of hydrogen-bond donors (Lipinski definition) is 1. The molecule has 0 heterocycles. The van der Waals surface area contributed by atoms with Gasteiger partial charge in [0.15, 0.2) is 6.61 Å². The smallest absolute Gasteiger partial charge is 0.418 e. The SMILES string of the molecule is Cc1ccc(C)c(OCC(=O)Nc2ccc(Cl)cc2C(F)(F)F)c1. The molecular formula is C17H15ClF3NO2. The van der Waals surface area contributed by atoms with Crippen LogP contribution in [0.15, 0.2) is 36.4 Å². The largest absolute Gasteiger partial charge is 0.483 e. The summed E-state index contributed by atoms with van der Waals surface area (Å²) < 4.78 is 44.3. The summed E-state index contributed by atoms with van der Waals surface area (Å²) >= 11 is 5.60. The van der Waals surface area contributed by atoms with Crippen molar-refractivity contribution in [2.24, 2.45) is 0 Å². The lowest BCUT2D eigenvalue weighted by Gasteiger charge is -2.15. The third-order valence-corrected chi connectivity index (χ3v) is 3.50. The van der Waals surface area contributed by atoms with E-state index in [9.17, 15) is 18.0 Å². The standard InChI is InChI=1S/C17H15ClF3NO2/c1-10-3-4-11(2)15(7-10)24-9-16(23)22-14-6-5-12(18)8-13(14)17(19,20)21/h3-8H,9H2,1-2H3,(H,22,23). The fourth-order valence-electron chi connectivity index (χ4n) is 2.05. The van der Waals surface area contributed by atoms with Gasteiger partial charge in [0.1, 0.15) is 5.75 Å². The van der Waals surface area contributed by atoms with Gasteiger partial charge in [-0.2, -0.15) is 13.2 Å². The summed E-state index contributed by atoms with van der Waals surface area (Å²) in [7, 11) is 0. The van der Waals surface area contributed by atoms with Gasteiger partial charge in [-0.15, -0.1) is 0 Å². The van der Waals surface area contributed by atoms with Crippen LogP contribution in [0, 0.1) is 13.8 Å². The van der Waals surface area contributed by atoms with E-state index in [1.54, 1.807) is 6.07 Å². The number of halogens is 4. The number of amides is 1. The first kappa shape index (κ1) is 18.1. The highest BCUT2D eigenvalue weighted by molar-refractivity contribution is 6.30. The van der Waals surface area contributed by atoms with E-state index in [2.05, 4.69) is 5.32 Å². The van der Waals surface area contributed by atoms with Crippen LogP contribution in [0.4, 0.5) is 18.9 Å². The Labute approximate surface area is 142 Å². The number of nitrogens with one attached hydrogen (secondary N) is 1. The second kappa shape index (κ2) is 7.13. The molecule has 2 rings (SSSR count). The van der Waals surface area contributed by atoms with Gasteiger partial charge in [-0.1, -0.05) is 23.7 Å². The lowest BCUT2D eigenvalue weighted by atomic mass is 10.1. The Morgan fingerprint density at radius 2 is 1.88 bits per heavy atom. The van der Waals surface area contributed by atoms with Gasteiger partial charge in [0.05, 0.1) is 11.3 Å². The molecule has 128 valence electrons. The van der Waals surface area contributed by atoms with E-state index in [1.165, 1.54) is 6.07 Å². The number of hydrogen-bond acceptors (Lipinski definition) is 2. The van der Waals surface area contributed by atoms with Crippen molar-refractivity contribution >= 4 is 23.2 Å². The summed E-state index contributed by atoms with van der Waals surface area (Å²) in [6.45, 7) is 3.29. The summed E-state index contributed by atoms with van der Waals surface area (Å²) in [4.78, 5) is 11.9. The minimum atomic E-state index is -4.62. The Hall–Kier alpha value is -2.21. The van der Waals surface area contributed by atoms with Crippen molar-refractivity contribution < 1.29 is 22.7 Å². The molecule has 0 aliphatic rings. The van der Waals surface area contributed by atoms with E-state index in [0.717, 1.165) is 23.3 Å². The Bertz CT molecular complexity index is 760. The second-order valence-corrected chi connectivity index (χ2v) is 5.73. The number of carbonyl (C=O) groups excluding carboxylic acids is 1. The van der Waals surface area contributed by atoms with Crippen molar-refractivity contribution in [1.29, 1.82) is 0 Å². The fraction of sp³-hybridized carbons (Fsp3) is 0.235. The van der Waals surface area contributed by atoms with Crippen LogP contribution in [0.5, 0.6) is 5.75 Å². The number of rotatable bonds is 4. The van der Waals surface area contributed by atoms with Crippen LogP contribution in [0.25, 0.3) is 0 Å². The number of benzene rings is 2. The Morgan fingerprint density at radius 1 is 1.17 bits per heavy atom. The van der Waals surface area contributed by atoms with Crippen LogP contribution < -0.4 is 10.1 Å². The zero-order valence-electron chi connectivity index (χ0n) is 13.0. The first-order chi connectivity index (χ1) is 11.2. The average molecular weight is 358 g/mol. The molecule has 0 atom stereocenters. The van der Waals surface area contributed by atoms with E-state index in [0.29, 0.717) is 5.75 Å². The molecular weight excluding hydrogens is 343 g/mol. The highest BCUT2D eigenvalue weighted by Crippen LogP contribution is 2.36. The highest BCUT2D eigenvalue weighted by Gasteiger charge is 2.34. The molecule has 0 aromatic heterocycles. The Morgan fingerprint density at radius 3 is 2.54 bits per heavy atom. The summed E-state index contributed by atoms with van der Waals surface area (Å²) in [6, 6.07) is 8.64. The van der Waals surface area contributed by atoms with Gasteiger partial charge >= 0.3 is 6.18 Å². The van der Waals surface area contributed by atoms with Crippen molar-refractivity contribution in [3.63, 3.8) is 0 Å². The number of aryl methyl sites for hydroxylation is 2. The van der Waals surface area contributed by atoms with Gasteiger partial charge in [-0.3, -0.25) is 4.79 Å². The molecule has 1 N–H and O–H groups in total. The van der Waals surface area contributed by atoms with E-state index in [4.69, 9.17) is 16.3 Å². The maximum Gasteiger partial charge on any atom is 0.418 e. The van der Waals surface area contributed by atoms with Gasteiger partial charge in [-0.25, -0.2) is 0 Å². The van der Waals surface area contributed by atoms with Crippen LogP contribution in [-0.4, -0.2) is 12.5 Å². The van der Waals surface area contributed by atoms with Gasteiger partial charge in [0.2, 0.25) is 0 Å². The molecule has 0 fully saturated rings. The van der Waals surface area contributed by atoms with E-state index in [-0.39, 0.29) is 10.7 Å². The lowest BCUT2D eigenvalue weighted by Crippen LogP contribution is -2.22. The quantitative estimate of drug-likeness (QED) is 0.836. The molecule has 0 spiro atoms. The molecule has 0 radical (unpaired) electrons. The molecule has 2 aromatic rings. The van der Waals surface area contributed by atoms with Gasteiger partial charge in [-0.05, 0) is 49.2 Å². The average Bonchev–Trinajstić information content (AvgIpc) is 2.49. The number of ether oxygens (including phenoxy) is 1. The monoisotopic (exact) mass is 357 g/mol. The molecule has 0 aliphatic heterocycles. The van der Waals surface area contributed by atoms with Crippen LogP contribution in [0.2, 0.25) is 5.02 Å². The number of carbonyl (C=O) groups is 1. The predicted molar refractivity (Wildman–Crippen MR) is 86.5 cm³/mol. The molecule has 0 aliphatic carbocycles. The van der Waals surface area contributed by atoms with Crippen molar-refractivity contribution in [1.82, 2.24) is 0 Å². The summed E-state index contributed by atoms with van der Waals surface area (Å²) in [5, 5.41) is 2.14. The minimum Gasteiger partial charge on any atom is -0.483 e. The molecule has 0 bridgehead atoms. The van der Waals surface area contributed by atoms with Crippen LogP contribution in [-0.2, 0) is 11.0 Å². The first-order valence-corrected chi connectivity index (χ1v) is 7.41. The Kier molecular flexibility index (Phi) is 5.39. The molecule has 2 aromatic carbocycles. The Balaban J connectivity index is 2.09. The zero-order valence-corrected chi connectivity index (χ0v) is 13.8. The molecule has 24 heavy (non-hydrogen) atoms. The topological polar surface area (TPSA) is 38.3 Å². The van der Waals surface area contributed by atoms with Gasteiger partial charge < -0.3 is 10.1 Å². The normalized spacial score (nSPS) is 11.2.